The molecule has 29 heavy (non-hydrogen) atoms. The largest absolute Gasteiger partial charge is 0.439 e. The lowest BCUT2D eigenvalue weighted by molar-refractivity contribution is 0.464. The Morgan fingerprint density at radius 2 is 1.48 bits per heavy atom. The Balaban J connectivity index is 1.61. The van der Waals surface area contributed by atoms with Gasteiger partial charge in [-0.2, -0.15) is 0 Å². The van der Waals surface area contributed by atoms with Gasteiger partial charge in [-0.15, -0.1) is 11.3 Å². The van der Waals surface area contributed by atoms with Crippen molar-refractivity contribution in [3.8, 4) is 11.6 Å². The maximum absolute atomic E-state index is 5.96. The molecule has 0 fully saturated rings. The molecular formula is C25H20N2OS. The molecule has 0 saturated heterocycles. The van der Waals surface area contributed by atoms with Gasteiger partial charge in [-0.05, 0) is 54.1 Å². The smallest absolute Gasteiger partial charge is 0.219 e. The minimum absolute atomic E-state index is 0.175. The van der Waals surface area contributed by atoms with Crippen molar-refractivity contribution in [1.29, 1.82) is 0 Å². The van der Waals surface area contributed by atoms with Crippen LogP contribution in [0.2, 0.25) is 0 Å². The maximum atomic E-state index is 5.96. The van der Waals surface area contributed by atoms with E-state index in [0.717, 1.165) is 11.4 Å². The molecule has 0 aliphatic rings. The first kappa shape index (κ1) is 17.8. The first-order chi connectivity index (χ1) is 14.1. The Kier molecular flexibility index (Phi) is 4.29. The Bertz CT molecular complexity index is 1290. The number of pyridine rings is 2. The van der Waals surface area contributed by atoms with E-state index in [9.17, 15) is 0 Å². The normalized spacial score (nSPS) is 11.8. The maximum Gasteiger partial charge on any atom is 0.219 e. The first-order valence-electron chi connectivity index (χ1n) is 9.58. The number of hydrogen-bond donors (Lipinski definition) is 0. The van der Waals surface area contributed by atoms with Gasteiger partial charge in [-0.3, -0.25) is 4.98 Å². The van der Waals surface area contributed by atoms with Gasteiger partial charge in [0.15, 0.2) is 0 Å². The molecule has 4 heteroatoms. The zero-order chi connectivity index (χ0) is 19.8. The Morgan fingerprint density at radius 3 is 2.21 bits per heavy atom. The Hall–Kier alpha value is -3.24. The second-order valence-electron chi connectivity index (χ2n) is 7.58. The van der Waals surface area contributed by atoms with Gasteiger partial charge in [0, 0.05) is 44.0 Å². The third kappa shape index (κ3) is 3.26. The molecule has 0 radical (unpaired) electrons. The lowest BCUT2D eigenvalue weighted by atomic mass is 9.80. The molecule has 5 rings (SSSR count). The zero-order valence-electron chi connectivity index (χ0n) is 16.3. The summed E-state index contributed by atoms with van der Waals surface area (Å²) in [5.41, 5.74) is 2.14. The highest BCUT2D eigenvalue weighted by Gasteiger charge is 2.25. The molecule has 0 atom stereocenters. The molecular weight excluding hydrogens is 376 g/mol. The standard InChI is InChI=1S/C25H20N2OS/c1-25(2,23-7-3-5-13-26-23)17-9-11-21-19(15-17)20-16-18(10-12-22(20)29-21)28-24-8-4-6-14-27-24/h3-16H,1-2H3. The topological polar surface area (TPSA) is 35.0 Å². The van der Waals surface area contributed by atoms with E-state index in [1.165, 1.54) is 25.7 Å². The second kappa shape index (κ2) is 6.98. The molecule has 0 aliphatic heterocycles. The van der Waals surface area contributed by atoms with Crippen molar-refractivity contribution in [2.24, 2.45) is 0 Å². The van der Waals surface area contributed by atoms with Crippen LogP contribution in [-0.2, 0) is 5.41 Å². The molecule has 0 bridgehead atoms. The van der Waals surface area contributed by atoms with Crippen LogP contribution in [-0.4, -0.2) is 9.97 Å². The number of thiophene rings is 1. The molecule has 0 spiro atoms. The van der Waals surface area contributed by atoms with Crippen molar-refractivity contribution in [2.45, 2.75) is 19.3 Å². The Morgan fingerprint density at radius 1 is 0.759 bits per heavy atom. The minimum atomic E-state index is -0.175. The van der Waals surface area contributed by atoms with E-state index in [2.05, 4.69) is 60.2 Å². The molecule has 2 aromatic carbocycles. The quantitative estimate of drug-likeness (QED) is 0.329. The van der Waals surface area contributed by atoms with E-state index in [0.29, 0.717) is 5.88 Å². The zero-order valence-corrected chi connectivity index (χ0v) is 17.1. The summed E-state index contributed by atoms with van der Waals surface area (Å²) in [7, 11) is 0. The van der Waals surface area contributed by atoms with Gasteiger partial charge in [0.2, 0.25) is 5.88 Å². The molecule has 0 unspecified atom stereocenters. The fourth-order valence-corrected chi connectivity index (χ4v) is 4.68. The fraction of sp³-hybridized carbons (Fsp3) is 0.120. The van der Waals surface area contributed by atoms with Crippen LogP contribution in [0.15, 0.2) is 85.2 Å². The van der Waals surface area contributed by atoms with Crippen molar-refractivity contribution < 1.29 is 4.74 Å². The van der Waals surface area contributed by atoms with Gasteiger partial charge in [0.25, 0.3) is 0 Å². The van der Waals surface area contributed by atoms with E-state index >= 15 is 0 Å². The molecule has 0 amide bonds. The third-order valence-electron chi connectivity index (χ3n) is 5.33. The summed E-state index contributed by atoms with van der Waals surface area (Å²) in [6.07, 6.45) is 3.59. The number of aromatic nitrogens is 2. The predicted molar refractivity (Wildman–Crippen MR) is 120 cm³/mol. The van der Waals surface area contributed by atoms with Crippen LogP contribution in [0.25, 0.3) is 20.2 Å². The van der Waals surface area contributed by atoms with Crippen molar-refractivity contribution in [3.63, 3.8) is 0 Å². The summed E-state index contributed by atoms with van der Waals surface area (Å²) >= 11 is 1.81. The van der Waals surface area contributed by atoms with E-state index in [4.69, 9.17) is 4.74 Å². The van der Waals surface area contributed by atoms with Crippen molar-refractivity contribution >= 4 is 31.5 Å². The number of ether oxygens (including phenoxy) is 1. The first-order valence-corrected chi connectivity index (χ1v) is 10.4. The summed E-state index contributed by atoms with van der Waals surface area (Å²) in [5, 5.41) is 2.45. The lowest BCUT2D eigenvalue weighted by Gasteiger charge is -2.24. The van der Waals surface area contributed by atoms with Crippen LogP contribution >= 0.6 is 11.3 Å². The van der Waals surface area contributed by atoms with Crippen LogP contribution < -0.4 is 4.74 Å². The van der Waals surface area contributed by atoms with Gasteiger partial charge in [0.05, 0.1) is 5.69 Å². The molecule has 142 valence electrons. The van der Waals surface area contributed by atoms with Gasteiger partial charge in [-0.1, -0.05) is 32.0 Å². The van der Waals surface area contributed by atoms with Crippen LogP contribution in [0.1, 0.15) is 25.1 Å². The fourth-order valence-electron chi connectivity index (χ4n) is 3.62. The van der Waals surface area contributed by atoms with Gasteiger partial charge in [-0.25, -0.2) is 4.98 Å². The molecule has 5 aromatic rings. The van der Waals surface area contributed by atoms with Crippen LogP contribution in [0.3, 0.4) is 0 Å². The van der Waals surface area contributed by atoms with Crippen LogP contribution in [0.4, 0.5) is 0 Å². The van der Waals surface area contributed by atoms with Gasteiger partial charge in [0.1, 0.15) is 5.75 Å². The number of fused-ring (bicyclic) bond motifs is 3. The third-order valence-corrected chi connectivity index (χ3v) is 6.48. The summed E-state index contributed by atoms with van der Waals surface area (Å²) in [6, 6.07) is 24.7. The Labute approximate surface area is 173 Å². The summed E-state index contributed by atoms with van der Waals surface area (Å²) < 4.78 is 8.48. The monoisotopic (exact) mass is 396 g/mol. The molecule has 0 aliphatic carbocycles. The summed E-state index contributed by atoms with van der Waals surface area (Å²) in [6.45, 7) is 4.45. The van der Waals surface area contributed by atoms with Crippen LogP contribution in [0.5, 0.6) is 11.6 Å². The van der Waals surface area contributed by atoms with E-state index in [-0.39, 0.29) is 5.41 Å². The average Bonchev–Trinajstić information content (AvgIpc) is 3.12. The molecule has 0 saturated carbocycles. The number of hydrogen-bond acceptors (Lipinski definition) is 4. The highest BCUT2D eigenvalue weighted by atomic mass is 32.1. The van der Waals surface area contributed by atoms with Gasteiger partial charge >= 0.3 is 0 Å². The molecule has 3 aromatic heterocycles. The highest BCUT2D eigenvalue weighted by Crippen LogP contribution is 2.40. The number of nitrogens with zero attached hydrogens (tertiary/aromatic N) is 2. The highest BCUT2D eigenvalue weighted by molar-refractivity contribution is 7.25. The summed E-state index contributed by atoms with van der Waals surface area (Å²) in [5.74, 6) is 1.40. The van der Waals surface area contributed by atoms with Gasteiger partial charge < -0.3 is 4.74 Å². The van der Waals surface area contributed by atoms with E-state index in [1.54, 1.807) is 17.5 Å². The van der Waals surface area contributed by atoms with E-state index < -0.39 is 0 Å². The van der Waals surface area contributed by atoms with Crippen molar-refractivity contribution in [2.75, 3.05) is 0 Å². The lowest BCUT2D eigenvalue weighted by Crippen LogP contribution is -2.20. The number of benzene rings is 2. The number of rotatable bonds is 4. The van der Waals surface area contributed by atoms with Crippen molar-refractivity contribution in [1.82, 2.24) is 9.97 Å². The predicted octanol–water partition coefficient (Wildman–Crippen LogP) is 6.96. The van der Waals surface area contributed by atoms with Crippen molar-refractivity contribution in [3.05, 3.63) is 96.4 Å². The molecule has 0 N–H and O–H groups in total. The summed E-state index contributed by atoms with van der Waals surface area (Å²) in [4.78, 5) is 8.85. The minimum Gasteiger partial charge on any atom is -0.439 e. The molecule has 3 nitrogen and oxygen atoms in total. The van der Waals surface area contributed by atoms with E-state index in [1.807, 2.05) is 42.6 Å². The molecule has 3 heterocycles. The van der Waals surface area contributed by atoms with Crippen LogP contribution in [0, 0.1) is 0 Å². The average molecular weight is 397 g/mol. The second-order valence-corrected chi connectivity index (χ2v) is 8.66. The SMILES string of the molecule is CC(C)(c1ccc2sc3ccc(Oc4ccccn4)cc3c2c1)c1ccccn1.